The molecule has 0 aliphatic heterocycles. The third-order valence-corrected chi connectivity index (χ3v) is 3.52. The smallest absolute Gasteiger partial charge is 0.413 e. The van der Waals surface area contributed by atoms with Gasteiger partial charge in [-0.25, -0.2) is 9.78 Å². The van der Waals surface area contributed by atoms with E-state index in [1.807, 2.05) is 30.3 Å². The van der Waals surface area contributed by atoms with Crippen LogP contribution in [0, 0.1) is 0 Å². The molecule has 0 unspecified atom stereocenters. The standard InChI is InChI=1S/C15H17N3O3S/c1-2-21-15(20)18-14-17-12(10-22-14)8-13(19)16-9-11-6-4-3-5-7-11/h3-7,10H,2,8-9H2,1H3,(H,16,19)(H,17,18,20). The number of thiazole rings is 1. The van der Waals surface area contributed by atoms with Crippen LogP contribution < -0.4 is 10.6 Å². The van der Waals surface area contributed by atoms with Gasteiger partial charge in [-0.3, -0.25) is 10.1 Å². The van der Waals surface area contributed by atoms with Crippen molar-refractivity contribution in [2.75, 3.05) is 11.9 Å². The molecule has 0 radical (unpaired) electrons. The van der Waals surface area contributed by atoms with E-state index in [0.29, 0.717) is 24.0 Å². The Balaban J connectivity index is 1.79. The molecule has 0 aliphatic carbocycles. The van der Waals surface area contributed by atoms with Gasteiger partial charge in [-0.15, -0.1) is 11.3 Å². The molecule has 0 saturated heterocycles. The molecule has 2 rings (SSSR count). The van der Waals surface area contributed by atoms with Crippen molar-refractivity contribution in [2.45, 2.75) is 19.9 Å². The Hall–Kier alpha value is -2.41. The number of nitrogens with one attached hydrogen (secondary N) is 2. The summed E-state index contributed by atoms with van der Waals surface area (Å²) < 4.78 is 4.76. The molecule has 0 aliphatic rings. The molecular formula is C15H17N3O3S. The maximum absolute atomic E-state index is 11.9. The third-order valence-electron chi connectivity index (χ3n) is 2.71. The second-order valence-electron chi connectivity index (χ2n) is 4.43. The van der Waals surface area contributed by atoms with E-state index >= 15 is 0 Å². The highest BCUT2D eigenvalue weighted by Gasteiger charge is 2.10. The largest absolute Gasteiger partial charge is 0.450 e. The predicted octanol–water partition coefficient (Wildman–Crippen LogP) is 2.57. The van der Waals surface area contributed by atoms with E-state index in [1.165, 1.54) is 11.3 Å². The van der Waals surface area contributed by atoms with E-state index in [4.69, 9.17) is 4.74 Å². The average molecular weight is 319 g/mol. The first kappa shape index (κ1) is 16.0. The Morgan fingerprint density at radius 2 is 2.05 bits per heavy atom. The van der Waals surface area contributed by atoms with Crippen molar-refractivity contribution in [3.63, 3.8) is 0 Å². The number of ether oxygens (including phenoxy) is 1. The molecule has 1 heterocycles. The van der Waals surface area contributed by atoms with Crippen LogP contribution in [0.5, 0.6) is 0 Å². The number of hydrogen-bond donors (Lipinski definition) is 2. The number of hydrogen-bond acceptors (Lipinski definition) is 5. The molecule has 7 heteroatoms. The van der Waals surface area contributed by atoms with Gasteiger partial charge in [0.15, 0.2) is 5.13 Å². The second kappa shape index (κ2) is 8.14. The molecule has 1 aromatic heterocycles. The zero-order valence-corrected chi connectivity index (χ0v) is 13.0. The lowest BCUT2D eigenvalue weighted by molar-refractivity contribution is -0.120. The first-order chi connectivity index (χ1) is 10.7. The van der Waals surface area contributed by atoms with Crippen LogP contribution in [0.1, 0.15) is 18.2 Å². The maximum Gasteiger partial charge on any atom is 0.413 e. The van der Waals surface area contributed by atoms with Gasteiger partial charge in [-0.05, 0) is 12.5 Å². The minimum Gasteiger partial charge on any atom is -0.450 e. The number of carbonyl (C=O) groups is 2. The summed E-state index contributed by atoms with van der Waals surface area (Å²) in [5.74, 6) is -0.114. The van der Waals surface area contributed by atoms with Crippen molar-refractivity contribution in [2.24, 2.45) is 0 Å². The molecular weight excluding hydrogens is 302 g/mol. The highest BCUT2D eigenvalue weighted by Crippen LogP contribution is 2.16. The quantitative estimate of drug-likeness (QED) is 0.857. The number of nitrogens with zero attached hydrogens (tertiary/aromatic N) is 1. The SMILES string of the molecule is CCOC(=O)Nc1nc(CC(=O)NCc2ccccc2)cs1. The minimum absolute atomic E-state index is 0.114. The molecule has 1 aromatic carbocycles. The number of benzene rings is 1. The van der Waals surface area contributed by atoms with Crippen LogP contribution in [-0.4, -0.2) is 23.6 Å². The van der Waals surface area contributed by atoms with Gasteiger partial charge in [0.1, 0.15) is 0 Å². The summed E-state index contributed by atoms with van der Waals surface area (Å²) in [4.78, 5) is 27.3. The van der Waals surface area contributed by atoms with Crippen LogP contribution in [0.2, 0.25) is 0 Å². The van der Waals surface area contributed by atoms with Gasteiger partial charge in [0, 0.05) is 11.9 Å². The minimum atomic E-state index is -0.545. The lowest BCUT2D eigenvalue weighted by Crippen LogP contribution is -2.24. The Morgan fingerprint density at radius 3 is 2.77 bits per heavy atom. The molecule has 2 aromatic rings. The highest BCUT2D eigenvalue weighted by atomic mass is 32.1. The summed E-state index contributed by atoms with van der Waals surface area (Å²) in [5, 5.41) is 7.50. The van der Waals surface area contributed by atoms with Gasteiger partial charge in [-0.2, -0.15) is 0 Å². The van der Waals surface area contributed by atoms with Gasteiger partial charge >= 0.3 is 6.09 Å². The average Bonchev–Trinajstić information content (AvgIpc) is 2.93. The first-order valence-electron chi connectivity index (χ1n) is 6.86. The number of aromatic nitrogens is 1. The molecule has 0 atom stereocenters. The summed E-state index contributed by atoms with van der Waals surface area (Å²) in [6.45, 7) is 2.51. The fourth-order valence-corrected chi connectivity index (χ4v) is 2.42. The van der Waals surface area contributed by atoms with Crippen molar-refractivity contribution in [3.8, 4) is 0 Å². The molecule has 0 spiro atoms. The van der Waals surface area contributed by atoms with Crippen molar-refractivity contribution in [1.82, 2.24) is 10.3 Å². The van der Waals surface area contributed by atoms with Gasteiger partial charge in [0.2, 0.25) is 5.91 Å². The summed E-state index contributed by atoms with van der Waals surface area (Å²) in [6, 6.07) is 9.68. The lowest BCUT2D eigenvalue weighted by Gasteiger charge is -2.04. The Labute approximate surface area is 132 Å². The maximum atomic E-state index is 11.9. The molecule has 0 fully saturated rings. The van der Waals surface area contributed by atoms with Crippen LogP contribution in [0.15, 0.2) is 35.7 Å². The normalized spacial score (nSPS) is 10.0. The van der Waals surface area contributed by atoms with Crippen LogP contribution in [-0.2, 0) is 22.5 Å². The summed E-state index contributed by atoms with van der Waals surface area (Å²) >= 11 is 1.26. The number of anilines is 1. The Kier molecular flexibility index (Phi) is 5.91. The van der Waals surface area contributed by atoms with Gasteiger partial charge in [-0.1, -0.05) is 30.3 Å². The van der Waals surface area contributed by atoms with Crippen LogP contribution in [0.3, 0.4) is 0 Å². The van der Waals surface area contributed by atoms with Crippen molar-refractivity contribution < 1.29 is 14.3 Å². The summed E-state index contributed by atoms with van der Waals surface area (Å²) in [6.07, 6.45) is -0.370. The monoisotopic (exact) mass is 319 g/mol. The lowest BCUT2D eigenvalue weighted by atomic mass is 10.2. The highest BCUT2D eigenvalue weighted by molar-refractivity contribution is 7.13. The zero-order valence-electron chi connectivity index (χ0n) is 12.2. The number of carbonyl (C=O) groups excluding carboxylic acids is 2. The Morgan fingerprint density at radius 1 is 1.27 bits per heavy atom. The summed E-state index contributed by atoms with van der Waals surface area (Å²) in [7, 11) is 0. The molecule has 22 heavy (non-hydrogen) atoms. The van der Waals surface area contributed by atoms with E-state index in [0.717, 1.165) is 5.56 Å². The fourth-order valence-electron chi connectivity index (χ4n) is 1.72. The van der Waals surface area contributed by atoms with E-state index in [1.54, 1.807) is 12.3 Å². The second-order valence-corrected chi connectivity index (χ2v) is 5.29. The fraction of sp³-hybridized carbons (Fsp3) is 0.267. The molecule has 2 amide bonds. The van der Waals surface area contributed by atoms with E-state index in [2.05, 4.69) is 15.6 Å². The molecule has 116 valence electrons. The zero-order chi connectivity index (χ0) is 15.8. The predicted molar refractivity (Wildman–Crippen MR) is 84.8 cm³/mol. The van der Waals surface area contributed by atoms with Crippen LogP contribution in [0.4, 0.5) is 9.93 Å². The first-order valence-corrected chi connectivity index (χ1v) is 7.74. The van der Waals surface area contributed by atoms with Crippen molar-refractivity contribution >= 4 is 28.5 Å². The number of rotatable bonds is 6. The van der Waals surface area contributed by atoms with E-state index in [-0.39, 0.29) is 12.3 Å². The summed E-state index contributed by atoms with van der Waals surface area (Å²) in [5.41, 5.74) is 1.65. The molecule has 2 N–H and O–H groups in total. The van der Waals surface area contributed by atoms with Gasteiger partial charge in [0.05, 0.1) is 18.7 Å². The molecule has 0 saturated carbocycles. The van der Waals surface area contributed by atoms with Crippen molar-refractivity contribution in [1.29, 1.82) is 0 Å². The Bertz CT molecular complexity index is 628. The van der Waals surface area contributed by atoms with Crippen molar-refractivity contribution in [3.05, 3.63) is 47.0 Å². The topological polar surface area (TPSA) is 80.3 Å². The number of amides is 2. The molecule has 0 bridgehead atoms. The molecule has 6 nitrogen and oxygen atoms in total. The van der Waals surface area contributed by atoms with Crippen LogP contribution in [0.25, 0.3) is 0 Å². The third kappa shape index (κ3) is 5.17. The van der Waals surface area contributed by atoms with E-state index in [9.17, 15) is 9.59 Å². The van der Waals surface area contributed by atoms with Crippen LogP contribution >= 0.6 is 11.3 Å². The van der Waals surface area contributed by atoms with E-state index < -0.39 is 6.09 Å². The van der Waals surface area contributed by atoms with Gasteiger partial charge < -0.3 is 10.1 Å². The van der Waals surface area contributed by atoms with Gasteiger partial charge in [0.25, 0.3) is 0 Å².